The summed E-state index contributed by atoms with van der Waals surface area (Å²) in [6.45, 7) is 4.59. The number of nitrogens with one attached hydrogen (secondary N) is 1. The molecule has 2 aromatic heterocycles. The van der Waals surface area contributed by atoms with Gasteiger partial charge in [0.1, 0.15) is 0 Å². The Balaban J connectivity index is 0.884. The van der Waals surface area contributed by atoms with Gasteiger partial charge in [-0.3, -0.25) is 14.7 Å². The van der Waals surface area contributed by atoms with Crippen molar-refractivity contribution < 1.29 is 4.79 Å². The number of fused-ring (bicyclic) bond motifs is 3. The van der Waals surface area contributed by atoms with E-state index in [0.29, 0.717) is 0 Å². The maximum Gasteiger partial charge on any atom is 0.252 e. The van der Waals surface area contributed by atoms with Gasteiger partial charge in [-0.25, -0.2) is 4.98 Å². The van der Waals surface area contributed by atoms with Gasteiger partial charge in [-0.2, -0.15) is 0 Å². The number of hydrogen-bond donors (Lipinski definition) is 1. The van der Waals surface area contributed by atoms with E-state index in [2.05, 4.69) is 20.1 Å². The van der Waals surface area contributed by atoms with Crippen molar-refractivity contribution >= 4 is 33.3 Å². The van der Waals surface area contributed by atoms with Gasteiger partial charge in [0.2, 0.25) is 0 Å². The van der Waals surface area contributed by atoms with Crippen LogP contribution >= 0.6 is 11.3 Å². The lowest BCUT2D eigenvalue weighted by atomic mass is 9.84. The topological polar surface area (TPSA) is 61.4 Å². The number of pyridine rings is 1. The van der Waals surface area contributed by atoms with Gasteiger partial charge >= 0.3 is 0 Å². The molecule has 1 aromatic carbocycles. The Kier molecular flexibility index (Phi) is 5.93. The van der Waals surface area contributed by atoms with Crippen molar-refractivity contribution in [3.8, 4) is 0 Å². The first-order chi connectivity index (χ1) is 17.7. The lowest BCUT2D eigenvalue weighted by molar-refractivity contribution is 0.0921. The first-order valence-electron chi connectivity index (χ1n) is 13.8. The lowest BCUT2D eigenvalue weighted by Gasteiger charge is -2.32. The van der Waals surface area contributed by atoms with Gasteiger partial charge in [-0.1, -0.05) is 12.1 Å². The van der Waals surface area contributed by atoms with Gasteiger partial charge in [-0.05, 0) is 87.9 Å². The van der Waals surface area contributed by atoms with Gasteiger partial charge in [0.05, 0.1) is 11.2 Å². The van der Waals surface area contributed by atoms with E-state index in [1.807, 2.05) is 41.7 Å². The van der Waals surface area contributed by atoms with Crippen molar-refractivity contribution in [1.82, 2.24) is 20.2 Å². The van der Waals surface area contributed by atoms with Crippen LogP contribution in [0.5, 0.6) is 0 Å². The molecule has 7 heteroatoms. The summed E-state index contributed by atoms with van der Waals surface area (Å²) in [4.78, 5) is 29.2. The highest BCUT2D eigenvalue weighted by molar-refractivity contribution is 7.15. The largest absolute Gasteiger partial charge is 0.349 e. The molecule has 0 spiro atoms. The highest BCUT2D eigenvalue weighted by atomic mass is 32.1. The second-order valence-corrected chi connectivity index (χ2v) is 12.4. The molecule has 1 amide bonds. The summed E-state index contributed by atoms with van der Waals surface area (Å²) in [7, 11) is 0. The van der Waals surface area contributed by atoms with Crippen molar-refractivity contribution in [1.29, 1.82) is 0 Å². The molecule has 0 bridgehead atoms. The molecule has 36 heavy (non-hydrogen) atoms. The maximum atomic E-state index is 13.0. The molecule has 2 aliphatic carbocycles. The van der Waals surface area contributed by atoms with Crippen molar-refractivity contribution in [2.75, 3.05) is 24.5 Å². The van der Waals surface area contributed by atoms with Crippen LogP contribution in [0.1, 0.15) is 65.9 Å². The first-order valence-corrected chi connectivity index (χ1v) is 14.6. The zero-order chi connectivity index (χ0) is 24.1. The minimum Gasteiger partial charge on any atom is -0.349 e. The molecule has 1 N–H and O–H groups in total. The van der Waals surface area contributed by atoms with Crippen LogP contribution in [-0.2, 0) is 13.0 Å². The summed E-state index contributed by atoms with van der Waals surface area (Å²) in [6, 6.07) is 10.8. The number of benzene rings is 1. The minimum absolute atomic E-state index is 0.0370. The first kappa shape index (κ1) is 22.7. The summed E-state index contributed by atoms with van der Waals surface area (Å²) in [5, 5.41) is 5.54. The summed E-state index contributed by atoms with van der Waals surface area (Å²) >= 11 is 1.97. The Morgan fingerprint density at radius 1 is 1.08 bits per heavy atom. The molecule has 6 nitrogen and oxygen atoms in total. The molecule has 0 radical (unpaired) electrons. The summed E-state index contributed by atoms with van der Waals surface area (Å²) < 4.78 is 0. The minimum atomic E-state index is 0.0370. The van der Waals surface area contributed by atoms with Crippen LogP contribution in [0.25, 0.3) is 10.9 Å². The summed E-state index contributed by atoms with van der Waals surface area (Å²) in [5.74, 6) is 1.76. The molecule has 3 aromatic rings. The molecular weight excluding hydrogens is 466 g/mol. The molecule has 2 unspecified atom stereocenters. The summed E-state index contributed by atoms with van der Waals surface area (Å²) in [5.41, 5.74) is 2.96. The van der Waals surface area contributed by atoms with Gasteiger partial charge in [0.15, 0.2) is 5.13 Å². The number of thiazole rings is 1. The molecular formula is C29H35N5OS. The monoisotopic (exact) mass is 501 g/mol. The molecule has 7 rings (SSSR count). The smallest absolute Gasteiger partial charge is 0.252 e. The van der Waals surface area contributed by atoms with Crippen LogP contribution in [-0.4, -0.2) is 52.5 Å². The lowest BCUT2D eigenvalue weighted by Crippen LogP contribution is -2.38. The number of aromatic nitrogens is 2. The Labute approximate surface area is 217 Å². The van der Waals surface area contributed by atoms with Crippen LogP contribution in [0, 0.1) is 11.8 Å². The molecule has 1 saturated heterocycles. The van der Waals surface area contributed by atoms with E-state index < -0.39 is 0 Å². The maximum absolute atomic E-state index is 13.0. The van der Waals surface area contributed by atoms with Crippen LogP contribution in [0.2, 0.25) is 0 Å². The fraction of sp³-hybridized carbons (Fsp3) is 0.552. The zero-order valence-corrected chi connectivity index (χ0v) is 21.7. The number of carbonyl (C=O) groups excluding carboxylic acids is 1. The molecule has 4 aliphatic rings. The van der Waals surface area contributed by atoms with Crippen molar-refractivity contribution in [3.05, 3.63) is 52.7 Å². The molecule has 2 atom stereocenters. The normalized spacial score (nSPS) is 27.6. The number of carbonyl (C=O) groups is 1. The number of anilines is 1. The highest BCUT2D eigenvalue weighted by Crippen LogP contribution is 2.48. The second kappa shape index (κ2) is 9.42. The van der Waals surface area contributed by atoms with Crippen molar-refractivity contribution in [2.45, 2.75) is 70.0 Å². The highest BCUT2D eigenvalue weighted by Gasteiger charge is 2.48. The van der Waals surface area contributed by atoms with Gasteiger partial charge < -0.3 is 10.2 Å². The number of rotatable bonds is 6. The Morgan fingerprint density at radius 3 is 2.83 bits per heavy atom. The van der Waals surface area contributed by atoms with Crippen LogP contribution in [0.4, 0.5) is 5.13 Å². The van der Waals surface area contributed by atoms with Crippen LogP contribution in [0.3, 0.4) is 0 Å². The number of nitrogens with zero attached hydrogens (tertiary/aromatic N) is 4. The zero-order valence-electron chi connectivity index (χ0n) is 20.9. The average Bonchev–Trinajstić information content (AvgIpc) is 3.36. The Morgan fingerprint density at radius 2 is 2.00 bits per heavy atom. The number of amides is 1. The molecule has 188 valence electrons. The third kappa shape index (κ3) is 4.41. The van der Waals surface area contributed by atoms with Crippen molar-refractivity contribution in [2.24, 2.45) is 11.8 Å². The SMILES string of the molecule is O=C(N[C@H]1CC[C@H](CCN2CCc3sc(N4CCC5CC54)nc3C2)CC1)c1cccc2ncccc12. The Hall–Kier alpha value is -2.51. The van der Waals surface area contributed by atoms with Gasteiger partial charge in [0.25, 0.3) is 5.91 Å². The van der Waals surface area contributed by atoms with Crippen LogP contribution < -0.4 is 10.2 Å². The van der Waals surface area contributed by atoms with Crippen molar-refractivity contribution in [3.63, 3.8) is 0 Å². The van der Waals surface area contributed by atoms with E-state index in [1.54, 1.807) is 6.20 Å². The fourth-order valence-electron chi connectivity index (χ4n) is 6.71. The second-order valence-electron chi connectivity index (χ2n) is 11.3. The average molecular weight is 502 g/mol. The molecule has 3 fully saturated rings. The van der Waals surface area contributed by atoms with E-state index in [0.717, 1.165) is 60.2 Å². The molecule has 2 saturated carbocycles. The predicted molar refractivity (Wildman–Crippen MR) is 145 cm³/mol. The standard InChI is InChI=1S/C29H35N5OS/c35-28(23-3-1-5-24-22(23)4-2-13-30-24)31-21-8-6-19(7-9-21)10-14-33-15-12-27-25(18-33)32-29(36-27)34-16-11-20-17-26(20)34/h1-5,13,19-21,26H,6-12,14-18H2,(H,31,35)/t19-,20?,21-,26?. The van der Waals surface area contributed by atoms with E-state index >= 15 is 0 Å². The number of piperidine rings is 1. The van der Waals surface area contributed by atoms with Gasteiger partial charge in [-0.15, -0.1) is 11.3 Å². The van der Waals surface area contributed by atoms with E-state index in [4.69, 9.17) is 4.98 Å². The molecule has 2 aliphatic heterocycles. The third-order valence-corrected chi connectivity index (χ3v) is 10.2. The van der Waals surface area contributed by atoms with E-state index in [1.165, 1.54) is 67.4 Å². The fourth-order valence-corrected chi connectivity index (χ4v) is 7.85. The summed E-state index contributed by atoms with van der Waals surface area (Å²) in [6.07, 6.45) is 11.5. The third-order valence-electron chi connectivity index (χ3n) is 8.99. The Bertz CT molecular complexity index is 1260. The van der Waals surface area contributed by atoms with Gasteiger partial charge in [0, 0.05) is 53.7 Å². The number of hydrogen-bond acceptors (Lipinski definition) is 6. The predicted octanol–water partition coefficient (Wildman–Crippen LogP) is 5.03. The van der Waals surface area contributed by atoms with E-state index in [9.17, 15) is 4.79 Å². The van der Waals surface area contributed by atoms with E-state index in [-0.39, 0.29) is 11.9 Å². The van der Waals surface area contributed by atoms with Crippen LogP contribution in [0.15, 0.2) is 36.5 Å². The molecule has 4 heterocycles. The quantitative estimate of drug-likeness (QED) is 0.514.